The van der Waals surface area contributed by atoms with Gasteiger partial charge in [-0.15, -0.1) is 0 Å². The normalized spacial score (nSPS) is 12.8. The Morgan fingerprint density at radius 2 is 1.78 bits per heavy atom. The van der Waals surface area contributed by atoms with E-state index in [1.165, 1.54) is 30.6 Å². The Hall–Kier alpha value is -2.53. The number of halogens is 1. The number of anilines is 1. The molecule has 0 bridgehead atoms. The van der Waals surface area contributed by atoms with Gasteiger partial charge in [0.1, 0.15) is 11.6 Å². The van der Waals surface area contributed by atoms with Gasteiger partial charge >= 0.3 is 0 Å². The molecule has 1 heterocycles. The van der Waals surface area contributed by atoms with Crippen molar-refractivity contribution in [1.29, 1.82) is 0 Å². The zero-order valence-electron chi connectivity index (χ0n) is 18.0. The van der Waals surface area contributed by atoms with Gasteiger partial charge in [-0.25, -0.2) is 22.5 Å². The molecule has 0 spiro atoms. The summed E-state index contributed by atoms with van der Waals surface area (Å²) in [4.78, 5) is 7.99. The maximum absolute atomic E-state index is 14.9. The summed E-state index contributed by atoms with van der Waals surface area (Å²) >= 11 is 0. The number of nitrogen functional groups attached to an aromatic ring is 1. The molecule has 0 fully saturated rings. The van der Waals surface area contributed by atoms with E-state index in [0.29, 0.717) is 16.8 Å². The first-order valence-corrected chi connectivity index (χ1v) is 11.1. The monoisotopic (exact) mass is 478 g/mol. The molecule has 0 unspecified atom stereocenters. The van der Waals surface area contributed by atoms with E-state index in [1.807, 2.05) is 20.8 Å². The number of rotatable bonds is 6. The summed E-state index contributed by atoms with van der Waals surface area (Å²) in [5.41, 5.74) is 6.30. The zero-order chi connectivity index (χ0) is 22.8. The molecule has 0 amide bonds. The lowest BCUT2D eigenvalue weighted by molar-refractivity contribution is 0.177. The van der Waals surface area contributed by atoms with E-state index >= 15 is 0 Å². The smallest absolute Gasteiger partial charge is 0.241 e. The van der Waals surface area contributed by atoms with Gasteiger partial charge in [-0.05, 0) is 29.2 Å². The molecule has 1 aromatic heterocycles. The van der Waals surface area contributed by atoms with Crippen molar-refractivity contribution in [2.75, 3.05) is 12.3 Å². The molecule has 10 heteroatoms. The molecule has 3 rings (SSSR count). The van der Waals surface area contributed by atoms with Crippen LogP contribution in [0.3, 0.4) is 0 Å². The van der Waals surface area contributed by atoms with Gasteiger partial charge in [-0.3, -0.25) is 4.98 Å². The van der Waals surface area contributed by atoms with Crippen molar-refractivity contribution in [3.05, 3.63) is 60.7 Å². The highest BCUT2D eigenvalue weighted by Gasteiger charge is 2.30. The second-order valence-corrected chi connectivity index (χ2v) is 9.92. The molecule has 0 radical (unpaired) electrons. The first-order valence-electron chi connectivity index (χ1n) is 9.63. The third-order valence-electron chi connectivity index (χ3n) is 4.93. The fourth-order valence-electron chi connectivity index (χ4n) is 3.05. The van der Waals surface area contributed by atoms with Crippen LogP contribution in [0.1, 0.15) is 20.8 Å². The second-order valence-electron chi connectivity index (χ2n) is 8.24. The third kappa shape index (κ3) is 5.63. The Morgan fingerprint density at radius 3 is 2.34 bits per heavy atom. The number of nitrogens with two attached hydrogens (primary N) is 1. The number of aliphatic hydroxyl groups is 1. The highest BCUT2D eigenvalue weighted by molar-refractivity contribution is 7.89. The van der Waals surface area contributed by atoms with Crippen LogP contribution in [0.25, 0.3) is 22.4 Å². The third-order valence-corrected chi connectivity index (χ3v) is 6.46. The van der Waals surface area contributed by atoms with Crippen molar-refractivity contribution < 1.29 is 17.9 Å². The van der Waals surface area contributed by atoms with Crippen molar-refractivity contribution in [1.82, 2.24) is 14.7 Å². The Labute approximate surface area is 194 Å². The van der Waals surface area contributed by atoms with Crippen molar-refractivity contribution in [2.45, 2.75) is 31.7 Å². The minimum atomic E-state index is -3.98. The van der Waals surface area contributed by atoms with Crippen LogP contribution in [-0.4, -0.2) is 36.1 Å². The number of nitrogens with zero attached hydrogens (tertiary/aromatic N) is 2. The van der Waals surface area contributed by atoms with Crippen molar-refractivity contribution in [3.63, 3.8) is 0 Å². The van der Waals surface area contributed by atoms with Crippen LogP contribution in [0.4, 0.5) is 10.2 Å². The first-order chi connectivity index (χ1) is 14.5. The fourth-order valence-corrected chi connectivity index (χ4v) is 4.71. The summed E-state index contributed by atoms with van der Waals surface area (Å²) < 4.78 is 43.6. The highest BCUT2D eigenvalue weighted by Crippen LogP contribution is 2.32. The maximum atomic E-state index is 14.9. The summed E-state index contributed by atoms with van der Waals surface area (Å²) in [5.74, 6) is -0.344. The lowest BCUT2D eigenvalue weighted by Crippen LogP contribution is -2.46. The number of aromatic nitrogens is 2. The number of nitrogens with one attached hydrogen (secondary N) is 1. The molecule has 4 N–H and O–H groups in total. The molecule has 0 aliphatic rings. The molecule has 2 aromatic carbocycles. The van der Waals surface area contributed by atoms with Crippen LogP contribution < -0.4 is 10.5 Å². The van der Waals surface area contributed by atoms with E-state index in [9.17, 15) is 17.9 Å². The lowest BCUT2D eigenvalue weighted by Gasteiger charge is -2.29. The van der Waals surface area contributed by atoms with Gasteiger partial charge in [0.05, 0.1) is 29.6 Å². The quantitative estimate of drug-likeness (QED) is 0.500. The van der Waals surface area contributed by atoms with Gasteiger partial charge < -0.3 is 10.8 Å². The van der Waals surface area contributed by atoms with Gasteiger partial charge in [-0.2, -0.15) is 13.5 Å². The summed E-state index contributed by atoms with van der Waals surface area (Å²) in [6, 6.07) is 10.1. The zero-order valence-corrected chi connectivity index (χ0v) is 19.8. The van der Waals surface area contributed by atoms with E-state index in [4.69, 9.17) is 5.73 Å². The van der Waals surface area contributed by atoms with Gasteiger partial charge in [0.15, 0.2) is 0 Å². The SMILES string of the molecule is CC(C)(C)[C@H](CO)NS(=O)(=O)c1ccccc1-c1ccc(-c2cnc(N)cn2)c(F)c1.S. The summed E-state index contributed by atoms with van der Waals surface area (Å²) in [7, 11) is -3.98. The standard InChI is InChI=1S/C22H25FN4O3S.H2S/c1-22(2,3)20(13-28)27-31(29,30)19-7-5-4-6-15(19)14-8-9-16(17(23)10-14)18-11-26-21(24)12-25-18;/h4-12,20,27-28H,13H2,1-3H3,(H2,24,26);1H2/t20-;/m0./s1. The van der Waals surface area contributed by atoms with E-state index in [1.54, 1.807) is 24.3 Å². The molecule has 0 aliphatic carbocycles. The summed E-state index contributed by atoms with van der Waals surface area (Å²) in [5, 5.41) is 9.66. The molecular weight excluding hydrogens is 451 g/mol. The van der Waals surface area contributed by atoms with E-state index in [0.717, 1.165) is 0 Å². The van der Waals surface area contributed by atoms with Gasteiger partial charge in [0.2, 0.25) is 10.0 Å². The molecule has 172 valence electrons. The molecular formula is C22H27FN4O3S2. The van der Waals surface area contributed by atoms with Crippen LogP contribution in [-0.2, 0) is 10.0 Å². The molecule has 0 aliphatic heterocycles. The Kier molecular flexibility index (Phi) is 8.00. The molecule has 32 heavy (non-hydrogen) atoms. The number of aliphatic hydroxyl groups excluding tert-OH is 1. The van der Waals surface area contributed by atoms with Crippen LogP contribution in [0.2, 0.25) is 0 Å². The van der Waals surface area contributed by atoms with Crippen LogP contribution >= 0.6 is 13.5 Å². The Bertz CT molecular complexity index is 1180. The van der Waals surface area contributed by atoms with Crippen molar-refractivity contribution >= 4 is 29.3 Å². The molecule has 0 saturated carbocycles. The molecule has 0 saturated heterocycles. The minimum Gasteiger partial charge on any atom is -0.395 e. The van der Waals surface area contributed by atoms with Crippen molar-refractivity contribution in [2.24, 2.45) is 5.41 Å². The topological polar surface area (TPSA) is 118 Å². The fraction of sp³-hybridized carbons (Fsp3) is 0.273. The van der Waals surface area contributed by atoms with E-state index in [-0.39, 0.29) is 36.4 Å². The van der Waals surface area contributed by atoms with Gasteiger partial charge in [0.25, 0.3) is 0 Å². The van der Waals surface area contributed by atoms with E-state index in [2.05, 4.69) is 14.7 Å². The number of benzene rings is 2. The van der Waals surface area contributed by atoms with Crippen molar-refractivity contribution in [3.8, 4) is 22.4 Å². The Morgan fingerprint density at radius 1 is 1.09 bits per heavy atom. The average Bonchev–Trinajstić information content (AvgIpc) is 2.72. The van der Waals surface area contributed by atoms with Crippen LogP contribution in [0.15, 0.2) is 59.8 Å². The second kappa shape index (κ2) is 9.95. The molecule has 1 atom stereocenters. The molecule has 7 nitrogen and oxygen atoms in total. The van der Waals surface area contributed by atoms with E-state index < -0.39 is 27.3 Å². The molecule has 3 aromatic rings. The first kappa shape index (κ1) is 25.7. The number of hydrogen-bond donors (Lipinski definition) is 3. The van der Waals surface area contributed by atoms with Crippen LogP contribution in [0, 0.1) is 11.2 Å². The maximum Gasteiger partial charge on any atom is 0.241 e. The number of hydrogen-bond acceptors (Lipinski definition) is 6. The largest absolute Gasteiger partial charge is 0.395 e. The summed E-state index contributed by atoms with van der Waals surface area (Å²) in [6.45, 7) is 5.14. The predicted molar refractivity (Wildman–Crippen MR) is 128 cm³/mol. The minimum absolute atomic E-state index is 0. The van der Waals surface area contributed by atoms with Crippen LogP contribution in [0.5, 0.6) is 0 Å². The number of sulfonamides is 1. The predicted octanol–water partition coefficient (Wildman–Crippen LogP) is 3.33. The lowest BCUT2D eigenvalue weighted by atomic mass is 9.88. The average molecular weight is 479 g/mol. The van der Waals surface area contributed by atoms with Gasteiger partial charge in [-0.1, -0.05) is 45.0 Å². The Balaban J connectivity index is 0.00000363. The highest BCUT2D eigenvalue weighted by atomic mass is 32.2. The summed E-state index contributed by atoms with van der Waals surface area (Å²) in [6.07, 6.45) is 2.71. The van der Waals surface area contributed by atoms with Gasteiger partial charge in [0, 0.05) is 17.2 Å².